The molecule has 5 rings (SSSR count). The fourth-order valence-electron chi connectivity index (χ4n) is 5.72. The minimum Gasteiger partial charge on any atom is -0.493 e. The van der Waals surface area contributed by atoms with Gasteiger partial charge < -0.3 is 24.4 Å². The minimum atomic E-state index is -1.51. The van der Waals surface area contributed by atoms with Crippen molar-refractivity contribution in [1.82, 2.24) is 10.2 Å². The SMILES string of the molecule is CCOc1cc(O[C@H]2CCc3c(-c4cccc(OCCCN5CC(F)C5)c4Cl)cccc32)c(Cl)cc1CN[C@@](C)(CO)C(=O)O. The van der Waals surface area contributed by atoms with Gasteiger partial charge in [0.05, 0.1) is 29.9 Å². The summed E-state index contributed by atoms with van der Waals surface area (Å²) in [6, 6.07) is 15.3. The number of benzene rings is 3. The molecule has 0 amide bonds. The number of carboxylic acid groups (broad SMARTS) is 1. The zero-order valence-electron chi connectivity index (χ0n) is 25.5. The predicted octanol–water partition coefficient (Wildman–Crippen LogP) is 6.47. The van der Waals surface area contributed by atoms with Crippen LogP contribution in [0, 0.1) is 0 Å². The smallest absolute Gasteiger partial charge is 0.326 e. The number of halogens is 3. The summed E-state index contributed by atoms with van der Waals surface area (Å²) in [6.07, 6.45) is 1.37. The number of aliphatic hydroxyl groups excluding tert-OH is 1. The number of aliphatic carboxylic acids is 1. The molecule has 8 nitrogen and oxygen atoms in total. The highest BCUT2D eigenvalue weighted by Crippen LogP contribution is 2.45. The zero-order chi connectivity index (χ0) is 32.1. The number of carboxylic acids is 1. The van der Waals surface area contributed by atoms with Gasteiger partial charge in [-0.05, 0) is 61.9 Å². The van der Waals surface area contributed by atoms with Gasteiger partial charge in [0.2, 0.25) is 0 Å². The normalized spacial score (nSPS) is 17.8. The summed E-state index contributed by atoms with van der Waals surface area (Å²) in [4.78, 5) is 13.7. The van der Waals surface area contributed by atoms with Crippen LogP contribution < -0.4 is 19.5 Å². The number of hydrogen-bond donors (Lipinski definition) is 3. The first-order chi connectivity index (χ1) is 21.6. The van der Waals surface area contributed by atoms with E-state index in [1.807, 2.05) is 31.2 Å². The van der Waals surface area contributed by atoms with Gasteiger partial charge in [0.1, 0.15) is 35.1 Å². The van der Waals surface area contributed by atoms with E-state index in [9.17, 15) is 19.4 Å². The molecule has 0 aromatic heterocycles. The molecule has 2 atom stereocenters. The van der Waals surface area contributed by atoms with E-state index in [0.29, 0.717) is 59.2 Å². The number of rotatable bonds is 15. The van der Waals surface area contributed by atoms with Crippen molar-refractivity contribution in [1.29, 1.82) is 0 Å². The number of hydrogen-bond acceptors (Lipinski definition) is 7. The summed E-state index contributed by atoms with van der Waals surface area (Å²) >= 11 is 13.6. The molecule has 1 aliphatic heterocycles. The van der Waals surface area contributed by atoms with Crippen LogP contribution in [0.4, 0.5) is 4.39 Å². The third-order valence-electron chi connectivity index (χ3n) is 8.40. The fraction of sp³-hybridized carbons (Fsp3) is 0.441. The van der Waals surface area contributed by atoms with E-state index in [1.54, 1.807) is 12.1 Å². The average Bonchev–Trinajstić information content (AvgIpc) is 3.42. The van der Waals surface area contributed by atoms with Crippen molar-refractivity contribution >= 4 is 29.2 Å². The van der Waals surface area contributed by atoms with Gasteiger partial charge in [-0.25, -0.2) is 4.39 Å². The highest BCUT2D eigenvalue weighted by Gasteiger charge is 2.33. The van der Waals surface area contributed by atoms with Crippen molar-refractivity contribution in [3.63, 3.8) is 0 Å². The largest absolute Gasteiger partial charge is 0.493 e. The van der Waals surface area contributed by atoms with Crippen LogP contribution in [-0.4, -0.2) is 72.2 Å². The maximum absolute atomic E-state index is 13.1. The van der Waals surface area contributed by atoms with Crippen LogP contribution in [-0.2, 0) is 17.8 Å². The van der Waals surface area contributed by atoms with Gasteiger partial charge in [-0.1, -0.05) is 53.5 Å². The molecule has 11 heteroatoms. The molecular weight excluding hydrogens is 622 g/mol. The molecule has 2 aliphatic rings. The maximum Gasteiger partial charge on any atom is 0.326 e. The number of nitrogens with one attached hydrogen (secondary N) is 1. The fourth-order valence-corrected chi connectivity index (χ4v) is 6.23. The zero-order valence-corrected chi connectivity index (χ0v) is 27.0. The Morgan fingerprint density at radius 3 is 2.56 bits per heavy atom. The summed E-state index contributed by atoms with van der Waals surface area (Å²) in [5.41, 5.74) is 3.25. The van der Waals surface area contributed by atoms with Crippen LogP contribution >= 0.6 is 23.2 Å². The highest BCUT2D eigenvalue weighted by atomic mass is 35.5. The third-order valence-corrected chi connectivity index (χ3v) is 9.08. The van der Waals surface area contributed by atoms with E-state index < -0.39 is 24.3 Å². The molecule has 3 N–H and O–H groups in total. The molecule has 0 bridgehead atoms. The lowest BCUT2D eigenvalue weighted by Crippen LogP contribution is -2.52. The molecule has 242 valence electrons. The number of fused-ring (bicyclic) bond motifs is 1. The van der Waals surface area contributed by atoms with Gasteiger partial charge in [0.15, 0.2) is 0 Å². The molecule has 45 heavy (non-hydrogen) atoms. The van der Waals surface area contributed by atoms with E-state index >= 15 is 0 Å². The van der Waals surface area contributed by atoms with Crippen molar-refractivity contribution in [3.8, 4) is 28.4 Å². The highest BCUT2D eigenvalue weighted by molar-refractivity contribution is 6.35. The Bertz CT molecular complexity index is 1520. The average molecular weight is 662 g/mol. The summed E-state index contributed by atoms with van der Waals surface area (Å²) in [7, 11) is 0. The number of alkyl halides is 1. The lowest BCUT2D eigenvalue weighted by molar-refractivity contribution is -0.145. The Labute approximate surface area is 273 Å². The topological polar surface area (TPSA) is 100 Å². The van der Waals surface area contributed by atoms with Gasteiger partial charge in [0.25, 0.3) is 0 Å². The number of nitrogens with zero attached hydrogens (tertiary/aromatic N) is 1. The molecule has 3 aromatic rings. The van der Waals surface area contributed by atoms with Crippen LogP contribution in [0.3, 0.4) is 0 Å². The Hall–Kier alpha value is -3.08. The molecule has 0 radical (unpaired) electrons. The Morgan fingerprint density at radius 1 is 1.09 bits per heavy atom. The quantitative estimate of drug-likeness (QED) is 0.160. The first kappa shape index (κ1) is 33.3. The molecule has 1 aliphatic carbocycles. The monoisotopic (exact) mass is 660 g/mol. The lowest BCUT2D eigenvalue weighted by Gasteiger charge is -2.34. The van der Waals surface area contributed by atoms with Gasteiger partial charge in [-0.2, -0.15) is 0 Å². The molecule has 3 aromatic carbocycles. The number of ether oxygens (including phenoxy) is 3. The number of likely N-dealkylation sites (tertiary alicyclic amines) is 1. The Balaban J connectivity index is 1.31. The molecule has 0 unspecified atom stereocenters. The first-order valence-electron chi connectivity index (χ1n) is 15.2. The summed E-state index contributed by atoms with van der Waals surface area (Å²) in [5, 5.41) is 22.9. The van der Waals surface area contributed by atoms with E-state index in [0.717, 1.165) is 48.1 Å². The van der Waals surface area contributed by atoms with Crippen LogP contribution in [0.25, 0.3) is 11.1 Å². The van der Waals surface area contributed by atoms with Crippen LogP contribution in [0.1, 0.15) is 49.5 Å². The van der Waals surface area contributed by atoms with E-state index in [2.05, 4.69) is 22.3 Å². The Kier molecular flexibility index (Phi) is 10.8. The van der Waals surface area contributed by atoms with E-state index in [4.69, 9.17) is 37.4 Å². The van der Waals surface area contributed by atoms with Gasteiger partial charge in [0, 0.05) is 43.4 Å². The van der Waals surface area contributed by atoms with Crippen molar-refractivity contribution < 1.29 is 33.6 Å². The van der Waals surface area contributed by atoms with Crippen LogP contribution in [0.15, 0.2) is 48.5 Å². The molecule has 1 heterocycles. The predicted molar refractivity (Wildman–Crippen MR) is 173 cm³/mol. The minimum absolute atomic E-state index is 0.121. The molecule has 0 saturated carbocycles. The third kappa shape index (κ3) is 7.50. The van der Waals surface area contributed by atoms with Gasteiger partial charge in [-0.15, -0.1) is 0 Å². The maximum atomic E-state index is 13.1. The van der Waals surface area contributed by atoms with Gasteiger partial charge >= 0.3 is 5.97 Å². The van der Waals surface area contributed by atoms with Crippen molar-refractivity contribution in [2.45, 2.75) is 57.5 Å². The standard InChI is InChI=1S/C34H39Cl2FN2O6/c1-3-43-30-16-31(27(35)15-21(30)17-38-34(2,20-40)33(41)42)45-28-12-11-24-23(7-4-8-25(24)28)26-9-5-10-29(32(26)36)44-14-6-13-39-18-22(37)19-39/h4-5,7-10,15-16,22,28,38,40H,3,6,11-14,17-20H2,1-2H3,(H,41,42)/t28-,34-/m0/s1. The van der Waals surface area contributed by atoms with Crippen molar-refractivity contribution in [2.24, 2.45) is 0 Å². The summed E-state index contributed by atoms with van der Waals surface area (Å²) in [5.74, 6) is 0.438. The van der Waals surface area contributed by atoms with E-state index in [-0.39, 0.29) is 12.6 Å². The second-order valence-corrected chi connectivity index (χ2v) is 12.5. The van der Waals surface area contributed by atoms with Crippen molar-refractivity contribution in [2.75, 3.05) is 39.5 Å². The number of carbonyl (C=O) groups is 1. The molecule has 1 fully saturated rings. The summed E-state index contributed by atoms with van der Waals surface area (Å²) < 4.78 is 31.4. The molecule has 0 spiro atoms. The van der Waals surface area contributed by atoms with Crippen LogP contribution in [0.2, 0.25) is 10.0 Å². The van der Waals surface area contributed by atoms with Gasteiger partial charge in [-0.3, -0.25) is 15.0 Å². The van der Waals surface area contributed by atoms with E-state index in [1.165, 1.54) is 6.92 Å². The lowest BCUT2D eigenvalue weighted by atomic mass is 9.96. The van der Waals surface area contributed by atoms with Crippen LogP contribution in [0.5, 0.6) is 17.2 Å². The summed E-state index contributed by atoms with van der Waals surface area (Å²) in [6.45, 7) is 5.51. The molecule has 1 saturated heterocycles. The van der Waals surface area contributed by atoms with Crippen molar-refractivity contribution in [3.05, 3.63) is 75.3 Å². The second kappa shape index (κ2) is 14.6. The Morgan fingerprint density at radius 2 is 1.84 bits per heavy atom. The molecular formula is C34H39Cl2FN2O6. The first-order valence-corrected chi connectivity index (χ1v) is 16.0. The number of aliphatic hydroxyl groups is 1. The second-order valence-electron chi connectivity index (χ2n) is 11.7.